The zero-order valence-corrected chi connectivity index (χ0v) is 11.7. The maximum atomic E-state index is 6.11. The summed E-state index contributed by atoms with van der Waals surface area (Å²) < 4.78 is 0. The Kier molecular flexibility index (Phi) is 6.94. The summed E-state index contributed by atoms with van der Waals surface area (Å²) >= 11 is 6.11. The molecule has 0 heterocycles. The molecule has 0 spiro atoms. The minimum atomic E-state index is 0. The van der Waals surface area contributed by atoms with Crippen LogP contribution in [-0.2, 0) is 6.54 Å². The lowest BCUT2D eigenvalue weighted by Crippen LogP contribution is -2.24. The second-order valence-corrected chi connectivity index (χ2v) is 5.13. The van der Waals surface area contributed by atoms with Crippen molar-refractivity contribution in [1.29, 1.82) is 0 Å². The predicted octanol–water partition coefficient (Wildman–Crippen LogP) is 4.43. The summed E-state index contributed by atoms with van der Waals surface area (Å²) in [5, 5.41) is 4.40. The Morgan fingerprint density at radius 2 is 1.82 bits per heavy atom. The van der Waals surface area contributed by atoms with Gasteiger partial charge in [-0.15, -0.1) is 12.4 Å². The van der Waals surface area contributed by atoms with Crippen LogP contribution in [-0.4, -0.2) is 6.54 Å². The first-order valence-corrected chi connectivity index (χ1v) is 6.68. The minimum Gasteiger partial charge on any atom is -0.312 e. The Bertz CT molecular complexity index is 322. The fraction of sp³-hybridized carbons (Fsp3) is 0.571. The minimum absolute atomic E-state index is 0. The first-order chi connectivity index (χ1) is 7.86. The van der Waals surface area contributed by atoms with Crippen LogP contribution < -0.4 is 5.32 Å². The molecular weight excluding hydrogens is 253 g/mol. The smallest absolute Gasteiger partial charge is 0.0450 e. The van der Waals surface area contributed by atoms with Gasteiger partial charge in [0, 0.05) is 11.6 Å². The first-order valence-electron chi connectivity index (χ1n) is 6.30. The second kappa shape index (κ2) is 7.97. The lowest BCUT2D eigenvalue weighted by molar-refractivity contribution is 0.342. The normalized spacial score (nSPS) is 16.5. The zero-order valence-electron chi connectivity index (χ0n) is 10.1. The molecule has 0 unspecified atom stereocenters. The average Bonchev–Trinajstić information content (AvgIpc) is 2.33. The third kappa shape index (κ3) is 4.87. The number of benzene rings is 1. The highest BCUT2D eigenvalue weighted by Crippen LogP contribution is 2.23. The van der Waals surface area contributed by atoms with E-state index in [1.165, 1.54) is 37.7 Å². The largest absolute Gasteiger partial charge is 0.312 e. The van der Waals surface area contributed by atoms with Gasteiger partial charge in [-0.25, -0.2) is 0 Å². The van der Waals surface area contributed by atoms with E-state index in [4.69, 9.17) is 11.6 Å². The van der Waals surface area contributed by atoms with Gasteiger partial charge in [-0.2, -0.15) is 0 Å². The van der Waals surface area contributed by atoms with Gasteiger partial charge in [0.25, 0.3) is 0 Å². The van der Waals surface area contributed by atoms with Crippen molar-refractivity contribution in [3.63, 3.8) is 0 Å². The second-order valence-electron chi connectivity index (χ2n) is 4.73. The van der Waals surface area contributed by atoms with Crippen molar-refractivity contribution in [3.05, 3.63) is 34.9 Å². The Morgan fingerprint density at radius 1 is 1.12 bits per heavy atom. The van der Waals surface area contributed by atoms with Crippen molar-refractivity contribution in [3.8, 4) is 0 Å². The van der Waals surface area contributed by atoms with E-state index in [0.717, 1.165) is 24.0 Å². The van der Waals surface area contributed by atoms with Crippen LogP contribution in [0, 0.1) is 5.92 Å². The molecule has 17 heavy (non-hydrogen) atoms. The molecule has 1 saturated carbocycles. The van der Waals surface area contributed by atoms with Crippen LogP contribution in [0.2, 0.25) is 5.02 Å². The Morgan fingerprint density at radius 3 is 2.53 bits per heavy atom. The van der Waals surface area contributed by atoms with E-state index in [2.05, 4.69) is 11.4 Å². The summed E-state index contributed by atoms with van der Waals surface area (Å²) in [5.41, 5.74) is 1.21. The molecule has 0 amide bonds. The molecule has 0 aromatic heterocycles. The van der Waals surface area contributed by atoms with E-state index in [0.29, 0.717) is 0 Å². The highest BCUT2D eigenvalue weighted by molar-refractivity contribution is 6.31. The van der Waals surface area contributed by atoms with E-state index in [1.54, 1.807) is 0 Å². The van der Waals surface area contributed by atoms with Gasteiger partial charge < -0.3 is 5.32 Å². The van der Waals surface area contributed by atoms with Crippen LogP contribution in [0.15, 0.2) is 24.3 Å². The van der Waals surface area contributed by atoms with Gasteiger partial charge in [0.05, 0.1) is 0 Å². The molecule has 2 rings (SSSR count). The van der Waals surface area contributed by atoms with Crippen molar-refractivity contribution in [2.24, 2.45) is 5.92 Å². The Labute approximate surface area is 115 Å². The molecule has 1 aromatic carbocycles. The lowest BCUT2D eigenvalue weighted by atomic mass is 9.89. The van der Waals surface area contributed by atoms with Crippen molar-refractivity contribution >= 4 is 24.0 Å². The van der Waals surface area contributed by atoms with Crippen molar-refractivity contribution in [2.45, 2.75) is 38.6 Å². The van der Waals surface area contributed by atoms with Crippen LogP contribution in [0.4, 0.5) is 0 Å². The third-order valence-corrected chi connectivity index (χ3v) is 3.80. The molecule has 1 fully saturated rings. The monoisotopic (exact) mass is 273 g/mol. The topological polar surface area (TPSA) is 12.0 Å². The summed E-state index contributed by atoms with van der Waals surface area (Å²) in [6, 6.07) is 8.08. The van der Waals surface area contributed by atoms with Gasteiger partial charge in [-0.1, -0.05) is 49.1 Å². The maximum absolute atomic E-state index is 6.11. The summed E-state index contributed by atoms with van der Waals surface area (Å²) in [7, 11) is 0. The summed E-state index contributed by atoms with van der Waals surface area (Å²) in [6.07, 6.45) is 7.06. The molecule has 0 aliphatic heterocycles. The number of hydrogen-bond donors (Lipinski definition) is 1. The fourth-order valence-electron chi connectivity index (χ4n) is 2.44. The highest BCUT2D eigenvalue weighted by atomic mass is 35.5. The van der Waals surface area contributed by atoms with E-state index < -0.39 is 0 Å². The van der Waals surface area contributed by atoms with Crippen LogP contribution in [0.25, 0.3) is 0 Å². The van der Waals surface area contributed by atoms with E-state index in [9.17, 15) is 0 Å². The number of rotatable bonds is 4. The van der Waals surface area contributed by atoms with Crippen LogP contribution in [0.1, 0.15) is 37.7 Å². The predicted molar refractivity (Wildman–Crippen MR) is 77.0 cm³/mol. The first kappa shape index (κ1) is 14.8. The van der Waals surface area contributed by atoms with Crippen LogP contribution in [0.5, 0.6) is 0 Å². The van der Waals surface area contributed by atoms with Gasteiger partial charge in [-0.3, -0.25) is 0 Å². The van der Waals surface area contributed by atoms with Gasteiger partial charge in [-0.05, 0) is 36.9 Å². The van der Waals surface area contributed by atoms with Gasteiger partial charge in [0.2, 0.25) is 0 Å². The molecule has 96 valence electrons. The standard InChI is InChI=1S/C14H20ClN.ClH/c15-14-9-5-4-8-13(14)11-16-10-12-6-2-1-3-7-12;/h4-5,8-9,12,16H,1-3,6-7,10-11H2;1H. The molecule has 0 radical (unpaired) electrons. The summed E-state index contributed by atoms with van der Waals surface area (Å²) in [4.78, 5) is 0. The molecule has 0 saturated heterocycles. The number of hydrogen-bond acceptors (Lipinski definition) is 1. The van der Waals surface area contributed by atoms with Gasteiger partial charge in [0.15, 0.2) is 0 Å². The van der Waals surface area contributed by atoms with Crippen LogP contribution in [0.3, 0.4) is 0 Å². The Hall–Kier alpha value is -0.240. The third-order valence-electron chi connectivity index (χ3n) is 3.43. The average molecular weight is 274 g/mol. The van der Waals surface area contributed by atoms with Crippen LogP contribution >= 0.6 is 24.0 Å². The maximum Gasteiger partial charge on any atom is 0.0450 e. The van der Waals surface area contributed by atoms with E-state index in [-0.39, 0.29) is 12.4 Å². The summed E-state index contributed by atoms with van der Waals surface area (Å²) in [6.45, 7) is 2.04. The molecule has 0 bridgehead atoms. The molecular formula is C14H21Cl2N. The lowest BCUT2D eigenvalue weighted by Gasteiger charge is -2.21. The molecule has 1 aliphatic rings. The molecule has 3 heteroatoms. The van der Waals surface area contributed by atoms with E-state index >= 15 is 0 Å². The fourth-order valence-corrected chi connectivity index (χ4v) is 2.65. The Balaban J connectivity index is 0.00000144. The molecule has 1 N–H and O–H groups in total. The summed E-state index contributed by atoms with van der Waals surface area (Å²) in [5.74, 6) is 0.885. The SMILES string of the molecule is Cl.Clc1ccccc1CNCC1CCCCC1. The molecule has 1 aliphatic carbocycles. The number of halogens is 2. The van der Waals surface area contributed by atoms with Crippen molar-refractivity contribution < 1.29 is 0 Å². The van der Waals surface area contributed by atoms with Crippen molar-refractivity contribution in [1.82, 2.24) is 5.32 Å². The van der Waals surface area contributed by atoms with Gasteiger partial charge in [0.1, 0.15) is 0 Å². The highest BCUT2D eigenvalue weighted by Gasteiger charge is 2.12. The van der Waals surface area contributed by atoms with E-state index in [1.807, 2.05) is 18.2 Å². The quantitative estimate of drug-likeness (QED) is 0.856. The van der Waals surface area contributed by atoms with Gasteiger partial charge >= 0.3 is 0 Å². The molecule has 1 aromatic rings. The number of nitrogens with one attached hydrogen (secondary N) is 1. The zero-order chi connectivity index (χ0) is 11.2. The molecule has 1 nitrogen and oxygen atoms in total. The molecule has 0 atom stereocenters. The van der Waals surface area contributed by atoms with Crippen molar-refractivity contribution in [2.75, 3.05) is 6.54 Å².